The van der Waals surface area contributed by atoms with Gasteiger partial charge in [-0.3, -0.25) is 0 Å². The second-order valence-corrected chi connectivity index (χ2v) is 4.84. The van der Waals surface area contributed by atoms with Crippen LogP contribution in [0.3, 0.4) is 0 Å². The van der Waals surface area contributed by atoms with Crippen molar-refractivity contribution in [3.8, 4) is 0 Å². The number of primary amides is 1. The lowest BCUT2D eigenvalue weighted by molar-refractivity contribution is -0.162. The van der Waals surface area contributed by atoms with Gasteiger partial charge in [-0.1, -0.05) is 0 Å². The highest BCUT2D eigenvalue weighted by molar-refractivity contribution is 6.14. The van der Waals surface area contributed by atoms with Crippen molar-refractivity contribution in [2.75, 3.05) is 6.61 Å². The van der Waals surface area contributed by atoms with Crippen molar-refractivity contribution in [3.05, 3.63) is 0 Å². The van der Waals surface area contributed by atoms with Gasteiger partial charge in [0.15, 0.2) is 5.41 Å². The van der Waals surface area contributed by atoms with Crippen LogP contribution in [0.15, 0.2) is 0 Å². The minimum atomic E-state index is -0.920. The maximum atomic E-state index is 11.0. The standard InChI is InChI=1S/C7H14N2O4Si/c8-5(10)9-6(11)13-7(14)3-1-2-4-12-7/h1-4H2,14H3,(H3,8,9,10,11). The number of ether oxygens (including phenoxy) is 2. The van der Waals surface area contributed by atoms with Crippen molar-refractivity contribution >= 4 is 22.4 Å². The molecular weight excluding hydrogens is 204 g/mol. The van der Waals surface area contributed by atoms with Gasteiger partial charge in [-0.2, -0.15) is 0 Å². The fourth-order valence-corrected chi connectivity index (χ4v) is 2.05. The maximum Gasteiger partial charge on any atom is 0.417 e. The van der Waals surface area contributed by atoms with Gasteiger partial charge < -0.3 is 15.2 Å². The zero-order valence-electron chi connectivity index (χ0n) is 8.04. The van der Waals surface area contributed by atoms with Crippen LogP contribution >= 0.6 is 0 Å². The predicted molar refractivity (Wildman–Crippen MR) is 51.7 cm³/mol. The molecule has 7 heteroatoms. The lowest BCUT2D eigenvalue weighted by Crippen LogP contribution is -2.46. The van der Waals surface area contributed by atoms with E-state index in [1.54, 1.807) is 0 Å². The van der Waals surface area contributed by atoms with E-state index in [1.165, 1.54) is 0 Å². The summed E-state index contributed by atoms with van der Waals surface area (Å²) in [4.78, 5) is 21.4. The number of nitrogens with two attached hydrogens (primary N) is 1. The van der Waals surface area contributed by atoms with Crippen molar-refractivity contribution in [1.29, 1.82) is 0 Å². The number of imide groups is 1. The quantitative estimate of drug-likeness (QED) is 0.553. The molecule has 0 aromatic rings. The summed E-state index contributed by atoms with van der Waals surface area (Å²) in [7, 11) is 0.571. The zero-order valence-corrected chi connectivity index (χ0v) is 10.0. The molecule has 14 heavy (non-hydrogen) atoms. The molecule has 0 aromatic carbocycles. The van der Waals surface area contributed by atoms with Crippen LogP contribution in [0.1, 0.15) is 19.3 Å². The van der Waals surface area contributed by atoms with Gasteiger partial charge in [0.25, 0.3) is 0 Å². The summed E-state index contributed by atoms with van der Waals surface area (Å²) in [6.45, 7) is 0.591. The van der Waals surface area contributed by atoms with E-state index in [4.69, 9.17) is 15.2 Å². The zero-order chi connectivity index (χ0) is 10.6. The van der Waals surface area contributed by atoms with E-state index < -0.39 is 17.5 Å². The number of nitrogens with one attached hydrogen (secondary N) is 1. The molecular formula is C7H14N2O4Si. The molecule has 0 spiro atoms. The molecule has 1 atom stereocenters. The van der Waals surface area contributed by atoms with E-state index in [0.717, 1.165) is 12.8 Å². The summed E-state index contributed by atoms with van der Waals surface area (Å²) >= 11 is 0. The summed E-state index contributed by atoms with van der Waals surface area (Å²) in [6.07, 6.45) is 1.79. The van der Waals surface area contributed by atoms with Gasteiger partial charge in [-0.05, 0) is 12.8 Å². The Morgan fingerprint density at radius 1 is 1.50 bits per heavy atom. The number of hydrogen-bond acceptors (Lipinski definition) is 4. The lowest BCUT2D eigenvalue weighted by Gasteiger charge is -2.33. The number of alkyl carbamates (subject to hydrolysis) is 1. The van der Waals surface area contributed by atoms with Crippen LogP contribution in [-0.2, 0) is 9.47 Å². The van der Waals surface area contributed by atoms with Crippen LogP contribution in [0.4, 0.5) is 9.59 Å². The number of hydrogen-bond donors (Lipinski definition) is 2. The first-order chi connectivity index (χ1) is 6.52. The van der Waals surface area contributed by atoms with Crippen molar-refractivity contribution in [2.24, 2.45) is 5.73 Å². The monoisotopic (exact) mass is 218 g/mol. The molecule has 1 aliphatic heterocycles. The SMILES string of the molecule is NC(=O)NC(=O)OC1([SiH3])CCCCO1. The van der Waals surface area contributed by atoms with Crippen molar-refractivity contribution in [1.82, 2.24) is 5.32 Å². The van der Waals surface area contributed by atoms with Crippen LogP contribution in [-0.4, -0.2) is 34.4 Å². The Labute approximate surface area is 84.5 Å². The van der Waals surface area contributed by atoms with Gasteiger partial charge in [-0.25, -0.2) is 14.9 Å². The summed E-state index contributed by atoms with van der Waals surface area (Å²) in [5, 5.41) is 1.84. The summed E-state index contributed by atoms with van der Waals surface area (Å²) < 4.78 is 10.3. The van der Waals surface area contributed by atoms with Gasteiger partial charge in [0.05, 0.1) is 16.8 Å². The highest BCUT2D eigenvalue weighted by Gasteiger charge is 2.31. The average molecular weight is 218 g/mol. The lowest BCUT2D eigenvalue weighted by atomic mass is 10.2. The number of urea groups is 1. The molecule has 1 fully saturated rings. The minimum absolute atomic E-state index is 0.571. The summed E-state index contributed by atoms with van der Waals surface area (Å²) in [6, 6.07) is -0.920. The minimum Gasteiger partial charge on any atom is -0.422 e. The van der Waals surface area contributed by atoms with Crippen molar-refractivity contribution in [3.63, 3.8) is 0 Å². The molecule has 1 aliphatic rings. The Bertz CT molecular complexity index is 240. The molecule has 1 saturated heterocycles. The van der Waals surface area contributed by atoms with Crippen LogP contribution in [0.5, 0.6) is 0 Å². The van der Waals surface area contributed by atoms with Crippen molar-refractivity contribution in [2.45, 2.75) is 24.7 Å². The topological polar surface area (TPSA) is 90.7 Å². The fraction of sp³-hybridized carbons (Fsp3) is 0.714. The maximum absolute atomic E-state index is 11.0. The molecule has 0 aliphatic carbocycles. The number of carbonyl (C=O) groups is 2. The van der Waals surface area contributed by atoms with Crippen LogP contribution in [0, 0.1) is 0 Å². The highest BCUT2D eigenvalue weighted by Crippen LogP contribution is 2.22. The molecule has 0 saturated carbocycles. The Balaban J connectivity index is 2.41. The van der Waals surface area contributed by atoms with E-state index in [0.29, 0.717) is 23.3 Å². The second-order valence-electron chi connectivity index (χ2n) is 3.32. The largest absolute Gasteiger partial charge is 0.422 e. The van der Waals surface area contributed by atoms with Crippen LogP contribution < -0.4 is 11.1 Å². The summed E-state index contributed by atoms with van der Waals surface area (Å²) in [5.74, 6) is 0. The molecule has 0 radical (unpaired) electrons. The van der Waals surface area contributed by atoms with E-state index in [-0.39, 0.29) is 0 Å². The molecule has 1 unspecified atom stereocenters. The highest BCUT2D eigenvalue weighted by atomic mass is 28.1. The van der Waals surface area contributed by atoms with E-state index in [9.17, 15) is 9.59 Å². The first-order valence-electron chi connectivity index (χ1n) is 4.45. The number of amides is 3. The van der Waals surface area contributed by atoms with Gasteiger partial charge in [0.2, 0.25) is 0 Å². The van der Waals surface area contributed by atoms with Gasteiger partial charge >= 0.3 is 12.1 Å². The third kappa shape index (κ3) is 3.34. The normalized spacial score (nSPS) is 26.9. The first-order valence-corrected chi connectivity index (χ1v) is 5.45. The fourth-order valence-electron chi connectivity index (χ4n) is 1.31. The molecule has 1 heterocycles. The Kier molecular flexibility index (Phi) is 3.47. The second kappa shape index (κ2) is 4.42. The third-order valence-corrected chi connectivity index (χ3v) is 2.96. The molecule has 6 nitrogen and oxygen atoms in total. The Hall–Kier alpha value is -1.08. The van der Waals surface area contributed by atoms with Crippen molar-refractivity contribution < 1.29 is 19.1 Å². The van der Waals surface area contributed by atoms with Crippen LogP contribution in [0.25, 0.3) is 0 Å². The summed E-state index contributed by atoms with van der Waals surface area (Å²) in [5.41, 5.74) is 3.97. The molecule has 80 valence electrons. The number of carbonyl (C=O) groups excluding carboxylic acids is 2. The first kappa shape index (κ1) is 11.0. The van der Waals surface area contributed by atoms with Gasteiger partial charge in [-0.15, -0.1) is 0 Å². The molecule has 3 amide bonds. The molecule has 3 N–H and O–H groups in total. The Morgan fingerprint density at radius 3 is 2.71 bits per heavy atom. The molecule has 0 aromatic heterocycles. The number of rotatable bonds is 1. The average Bonchev–Trinajstić information content (AvgIpc) is 2.02. The molecule has 1 rings (SSSR count). The molecule has 0 bridgehead atoms. The smallest absolute Gasteiger partial charge is 0.417 e. The van der Waals surface area contributed by atoms with E-state index in [1.807, 2.05) is 5.32 Å². The predicted octanol–water partition coefficient (Wildman–Crippen LogP) is -0.989. The van der Waals surface area contributed by atoms with Gasteiger partial charge in [0.1, 0.15) is 0 Å². The van der Waals surface area contributed by atoms with E-state index >= 15 is 0 Å². The van der Waals surface area contributed by atoms with Gasteiger partial charge in [0, 0.05) is 6.42 Å². The van der Waals surface area contributed by atoms with E-state index in [2.05, 4.69) is 0 Å². The third-order valence-electron chi connectivity index (χ3n) is 1.97. The Morgan fingerprint density at radius 2 is 2.21 bits per heavy atom. The van der Waals surface area contributed by atoms with Crippen LogP contribution in [0.2, 0.25) is 0 Å².